The van der Waals surface area contributed by atoms with Gasteiger partial charge < -0.3 is 15.2 Å². The molecule has 6 nitrogen and oxygen atoms in total. The monoisotopic (exact) mass is 431 g/mol. The number of carbonyl (C=O) groups is 3. The number of carbonyl (C=O) groups excluding carboxylic acids is 2. The number of anilines is 1. The van der Waals surface area contributed by atoms with Gasteiger partial charge in [-0.25, -0.2) is 9.18 Å². The fraction of sp³-hybridized carbons (Fsp3) is 0.318. The smallest absolute Gasteiger partial charge is 0.341 e. The van der Waals surface area contributed by atoms with Crippen LogP contribution in [0, 0.1) is 17.7 Å². The number of carboxylic acids is 1. The fourth-order valence-electron chi connectivity index (χ4n) is 3.34. The molecule has 1 aromatic carbocycles. The van der Waals surface area contributed by atoms with Gasteiger partial charge in [-0.3, -0.25) is 9.59 Å². The topological polar surface area (TPSA) is 92.7 Å². The molecule has 30 heavy (non-hydrogen) atoms. The van der Waals surface area contributed by atoms with Crippen molar-refractivity contribution in [3.8, 4) is 11.1 Å². The Hall–Kier alpha value is -3.00. The van der Waals surface area contributed by atoms with Gasteiger partial charge in [-0.05, 0) is 37.0 Å². The minimum absolute atomic E-state index is 0.187. The second-order valence-electron chi connectivity index (χ2n) is 6.98. The first-order valence-electron chi connectivity index (χ1n) is 9.65. The standard InChI is InChI=1S/C22H22FNO5S/c1-2-11-29-22(28)18-17(13-7-9-14(23)10-8-13)12-30-20(18)24-19(25)15-5-3-4-6-16(15)21(26)27/h3-4,7-10,12,15-16H,2,5-6,11H2,1H3,(H,24,25)(H,26,27)/t15-,16-/m1/s1. The lowest BCUT2D eigenvalue weighted by Gasteiger charge is -2.24. The molecule has 0 aliphatic heterocycles. The number of thiophene rings is 1. The van der Waals surface area contributed by atoms with Gasteiger partial charge in [0, 0.05) is 10.9 Å². The van der Waals surface area contributed by atoms with Crippen LogP contribution >= 0.6 is 11.3 Å². The zero-order valence-electron chi connectivity index (χ0n) is 16.4. The summed E-state index contributed by atoms with van der Waals surface area (Å²) in [4.78, 5) is 37.1. The summed E-state index contributed by atoms with van der Waals surface area (Å²) in [6.07, 6.45) is 4.78. The Kier molecular flexibility index (Phi) is 6.99. The second kappa shape index (κ2) is 9.67. The average molecular weight is 431 g/mol. The molecule has 1 aliphatic rings. The number of nitrogens with one attached hydrogen (secondary N) is 1. The molecule has 0 radical (unpaired) electrons. The molecule has 0 unspecified atom stereocenters. The first-order chi connectivity index (χ1) is 14.4. The summed E-state index contributed by atoms with van der Waals surface area (Å²) < 4.78 is 18.6. The van der Waals surface area contributed by atoms with Gasteiger partial charge >= 0.3 is 11.9 Å². The van der Waals surface area contributed by atoms with E-state index in [1.807, 2.05) is 6.92 Å². The zero-order chi connectivity index (χ0) is 21.7. The van der Waals surface area contributed by atoms with Crippen LogP contribution in [0.1, 0.15) is 36.5 Å². The number of rotatable bonds is 7. The number of carboxylic acid groups (broad SMARTS) is 1. The molecule has 1 amide bonds. The summed E-state index contributed by atoms with van der Waals surface area (Å²) >= 11 is 1.15. The summed E-state index contributed by atoms with van der Waals surface area (Å²) in [6, 6.07) is 5.68. The van der Waals surface area contributed by atoms with E-state index in [4.69, 9.17) is 4.74 Å². The van der Waals surface area contributed by atoms with E-state index in [1.54, 1.807) is 29.7 Å². The number of hydrogen-bond acceptors (Lipinski definition) is 5. The van der Waals surface area contributed by atoms with Crippen LogP contribution in [0.2, 0.25) is 0 Å². The van der Waals surface area contributed by atoms with Crippen molar-refractivity contribution in [2.75, 3.05) is 11.9 Å². The molecule has 0 bridgehead atoms. The highest BCUT2D eigenvalue weighted by Crippen LogP contribution is 2.37. The van der Waals surface area contributed by atoms with E-state index >= 15 is 0 Å². The van der Waals surface area contributed by atoms with Gasteiger partial charge in [0.1, 0.15) is 16.4 Å². The third-order valence-electron chi connectivity index (χ3n) is 4.91. The largest absolute Gasteiger partial charge is 0.481 e. The lowest BCUT2D eigenvalue weighted by Crippen LogP contribution is -2.34. The summed E-state index contributed by atoms with van der Waals surface area (Å²) in [5, 5.41) is 14.1. The van der Waals surface area contributed by atoms with E-state index in [1.165, 1.54) is 12.1 Å². The molecular weight excluding hydrogens is 409 g/mol. The van der Waals surface area contributed by atoms with Crippen LogP contribution in [0.25, 0.3) is 11.1 Å². The molecule has 1 aromatic heterocycles. The van der Waals surface area contributed by atoms with Gasteiger partial charge in [-0.1, -0.05) is 31.2 Å². The quantitative estimate of drug-likeness (QED) is 0.489. The van der Waals surface area contributed by atoms with Gasteiger partial charge in [-0.2, -0.15) is 0 Å². The minimum atomic E-state index is -1.03. The van der Waals surface area contributed by atoms with Gasteiger partial charge in [-0.15, -0.1) is 11.3 Å². The van der Waals surface area contributed by atoms with E-state index in [0.29, 0.717) is 29.0 Å². The number of esters is 1. The maximum Gasteiger partial charge on any atom is 0.341 e. The van der Waals surface area contributed by atoms with Crippen molar-refractivity contribution in [3.63, 3.8) is 0 Å². The molecule has 2 atom stereocenters. The molecule has 0 saturated heterocycles. The van der Waals surface area contributed by atoms with Gasteiger partial charge in [0.05, 0.1) is 18.4 Å². The highest BCUT2D eigenvalue weighted by atomic mass is 32.1. The summed E-state index contributed by atoms with van der Waals surface area (Å²) in [7, 11) is 0. The molecular formula is C22H22FNO5S. The Morgan fingerprint density at radius 1 is 1.17 bits per heavy atom. The molecule has 1 heterocycles. The van der Waals surface area contributed by atoms with E-state index in [2.05, 4.69) is 5.32 Å². The Labute approximate surface area is 177 Å². The van der Waals surface area contributed by atoms with Crippen molar-refractivity contribution < 1.29 is 28.6 Å². The summed E-state index contributed by atoms with van der Waals surface area (Å²) in [5.41, 5.74) is 1.32. The number of ether oxygens (including phenoxy) is 1. The van der Waals surface area contributed by atoms with Crippen LogP contribution < -0.4 is 5.32 Å². The first kappa shape index (κ1) is 21.7. The number of aliphatic carboxylic acids is 1. The van der Waals surface area contributed by atoms with Crippen LogP contribution in [0.5, 0.6) is 0 Å². The first-order valence-corrected chi connectivity index (χ1v) is 10.5. The third kappa shape index (κ3) is 4.76. The number of allylic oxidation sites excluding steroid dienone is 2. The molecule has 8 heteroatoms. The summed E-state index contributed by atoms with van der Waals surface area (Å²) in [6.45, 7) is 2.09. The normalized spacial score (nSPS) is 18.1. The van der Waals surface area contributed by atoms with Crippen molar-refractivity contribution in [1.29, 1.82) is 0 Å². The van der Waals surface area contributed by atoms with Crippen LogP contribution in [-0.4, -0.2) is 29.6 Å². The maximum atomic E-state index is 13.3. The molecule has 3 rings (SSSR count). The van der Waals surface area contributed by atoms with Gasteiger partial charge in [0.25, 0.3) is 0 Å². The van der Waals surface area contributed by atoms with Crippen LogP contribution in [0.15, 0.2) is 41.8 Å². The van der Waals surface area contributed by atoms with Gasteiger partial charge in [0.2, 0.25) is 5.91 Å². The maximum absolute atomic E-state index is 13.3. The Balaban J connectivity index is 1.92. The highest BCUT2D eigenvalue weighted by molar-refractivity contribution is 7.15. The third-order valence-corrected chi connectivity index (χ3v) is 5.81. The number of hydrogen-bond donors (Lipinski definition) is 2. The zero-order valence-corrected chi connectivity index (χ0v) is 17.2. The summed E-state index contributed by atoms with van der Waals surface area (Å²) in [5.74, 6) is -4.02. The van der Waals surface area contributed by atoms with Gasteiger partial charge in [0.15, 0.2) is 0 Å². The molecule has 2 aromatic rings. The molecule has 2 N–H and O–H groups in total. The number of halogens is 1. The van der Waals surface area contributed by atoms with Crippen molar-refractivity contribution in [2.24, 2.45) is 11.8 Å². The minimum Gasteiger partial charge on any atom is -0.481 e. The van der Waals surface area contributed by atoms with Crippen molar-refractivity contribution in [3.05, 3.63) is 53.2 Å². The van der Waals surface area contributed by atoms with E-state index in [9.17, 15) is 23.9 Å². The molecule has 1 aliphatic carbocycles. The fourth-order valence-corrected chi connectivity index (χ4v) is 4.30. The van der Waals surface area contributed by atoms with E-state index in [-0.39, 0.29) is 18.6 Å². The Morgan fingerprint density at radius 2 is 1.83 bits per heavy atom. The average Bonchev–Trinajstić information content (AvgIpc) is 3.16. The van der Waals surface area contributed by atoms with Crippen LogP contribution in [0.3, 0.4) is 0 Å². The predicted octanol–water partition coefficient (Wildman–Crippen LogP) is 4.73. The SMILES string of the molecule is CCCOC(=O)c1c(-c2ccc(F)cc2)csc1NC(=O)[C@@H]1CC=CC[C@H]1C(=O)O. The van der Waals surface area contributed by atoms with Crippen molar-refractivity contribution in [2.45, 2.75) is 26.2 Å². The Bertz CT molecular complexity index is 966. The Morgan fingerprint density at radius 3 is 2.47 bits per heavy atom. The van der Waals surface area contributed by atoms with Crippen molar-refractivity contribution in [1.82, 2.24) is 0 Å². The van der Waals surface area contributed by atoms with E-state index in [0.717, 1.165) is 11.3 Å². The highest BCUT2D eigenvalue weighted by Gasteiger charge is 2.35. The molecule has 0 fully saturated rings. The van der Waals surface area contributed by atoms with Crippen molar-refractivity contribution >= 4 is 34.2 Å². The predicted molar refractivity (Wildman–Crippen MR) is 112 cm³/mol. The molecule has 0 saturated carbocycles. The number of benzene rings is 1. The van der Waals surface area contributed by atoms with Crippen LogP contribution in [-0.2, 0) is 14.3 Å². The second-order valence-corrected chi connectivity index (χ2v) is 7.86. The molecule has 0 spiro atoms. The molecule has 158 valence electrons. The number of amides is 1. The van der Waals surface area contributed by atoms with E-state index < -0.39 is 35.5 Å². The van der Waals surface area contributed by atoms with Crippen LogP contribution in [0.4, 0.5) is 9.39 Å². The lowest BCUT2D eigenvalue weighted by molar-refractivity contribution is -0.146. The lowest BCUT2D eigenvalue weighted by atomic mass is 9.82.